The highest BCUT2D eigenvalue weighted by Gasteiger charge is 2.34. The molecule has 3 rings (SSSR count). The zero-order valence-electron chi connectivity index (χ0n) is 14.0. The van der Waals surface area contributed by atoms with Gasteiger partial charge in [0.2, 0.25) is 0 Å². The Morgan fingerprint density at radius 3 is 2.65 bits per heavy atom. The molecule has 4 nitrogen and oxygen atoms in total. The second-order valence-electron chi connectivity index (χ2n) is 6.50. The molecule has 1 unspecified atom stereocenters. The van der Waals surface area contributed by atoms with Crippen LogP contribution in [0.5, 0.6) is 0 Å². The molecule has 2 fully saturated rings. The summed E-state index contributed by atoms with van der Waals surface area (Å²) >= 11 is 0. The van der Waals surface area contributed by atoms with Gasteiger partial charge in [0.25, 0.3) is 0 Å². The molecule has 1 saturated carbocycles. The summed E-state index contributed by atoms with van der Waals surface area (Å²) < 4.78 is 0. The van der Waals surface area contributed by atoms with E-state index in [0.29, 0.717) is 0 Å². The standard InChI is InChI=1S/C18H28N4.HI/c1-19-18(20-11-9-15-5-3-2-4-6-15)21-13-16-10-12-22(14-16)17-7-8-17;/h2-6,16-17H,7-14H2,1H3,(H2,19,20,21);1H. The Kier molecular flexibility index (Phi) is 7.62. The number of nitrogens with zero attached hydrogens (tertiary/aromatic N) is 2. The summed E-state index contributed by atoms with van der Waals surface area (Å²) in [5.41, 5.74) is 1.36. The summed E-state index contributed by atoms with van der Waals surface area (Å²) in [5, 5.41) is 6.90. The van der Waals surface area contributed by atoms with Gasteiger partial charge >= 0.3 is 0 Å². The van der Waals surface area contributed by atoms with E-state index in [1.54, 1.807) is 0 Å². The van der Waals surface area contributed by atoms with Crippen LogP contribution in [0, 0.1) is 5.92 Å². The first-order chi connectivity index (χ1) is 10.8. The van der Waals surface area contributed by atoms with E-state index in [4.69, 9.17) is 0 Å². The topological polar surface area (TPSA) is 39.7 Å². The van der Waals surface area contributed by atoms with E-state index in [0.717, 1.165) is 37.4 Å². The van der Waals surface area contributed by atoms with Crippen LogP contribution in [-0.4, -0.2) is 50.1 Å². The molecule has 0 radical (unpaired) electrons. The maximum atomic E-state index is 4.33. The number of hydrogen-bond donors (Lipinski definition) is 2. The summed E-state index contributed by atoms with van der Waals surface area (Å²) in [6.07, 6.45) is 5.19. The van der Waals surface area contributed by atoms with Crippen LogP contribution in [0.1, 0.15) is 24.8 Å². The van der Waals surface area contributed by atoms with Crippen molar-refractivity contribution >= 4 is 29.9 Å². The van der Waals surface area contributed by atoms with Crippen molar-refractivity contribution in [2.75, 3.05) is 33.2 Å². The normalized spacial score (nSPS) is 21.8. The third-order valence-corrected chi connectivity index (χ3v) is 4.71. The number of likely N-dealkylation sites (tertiary alicyclic amines) is 1. The van der Waals surface area contributed by atoms with Crippen LogP contribution in [0.25, 0.3) is 0 Å². The smallest absolute Gasteiger partial charge is 0.190 e. The summed E-state index contributed by atoms with van der Waals surface area (Å²) in [5.74, 6) is 1.70. The van der Waals surface area contributed by atoms with Crippen molar-refractivity contribution in [3.8, 4) is 0 Å². The lowest BCUT2D eigenvalue weighted by molar-refractivity contribution is 0.314. The molecule has 0 spiro atoms. The molecule has 1 saturated heterocycles. The fourth-order valence-electron chi connectivity index (χ4n) is 3.23. The molecule has 1 aliphatic carbocycles. The van der Waals surface area contributed by atoms with Gasteiger partial charge in [-0.15, -0.1) is 24.0 Å². The fourth-order valence-corrected chi connectivity index (χ4v) is 3.23. The second-order valence-corrected chi connectivity index (χ2v) is 6.50. The lowest BCUT2D eigenvalue weighted by atomic mass is 10.1. The van der Waals surface area contributed by atoms with Gasteiger partial charge in [-0.3, -0.25) is 4.99 Å². The van der Waals surface area contributed by atoms with E-state index < -0.39 is 0 Å². The molecule has 1 atom stereocenters. The molecule has 2 aliphatic rings. The van der Waals surface area contributed by atoms with Crippen molar-refractivity contribution in [1.29, 1.82) is 0 Å². The predicted octanol–water partition coefficient (Wildman–Crippen LogP) is 2.50. The van der Waals surface area contributed by atoms with E-state index >= 15 is 0 Å². The van der Waals surface area contributed by atoms with Crippen LogP contribution in [0.2, 0.25) is 0 Å². The van der Waals surface area contributed by atoms with Gasteiger partial charge in [0.15, 0.2) is 5.96 Å². The van der Waals surface area contributed by atoms with E-state index in [2.05, 4.69) is 50.9 Å². The van der Waals surface area contributed by atoms with Gasteiger partial charge in [0.1, 0.15) is 0 Å². The van der Waals surface area contributed by atoms with Gasteiger partial charge < -0.3 is 15.5 Å². The summed E-state index contributed by atoms with van der Waals surface area (Å²) in [6, 6.07) is 11.5. The maximum Gasteiger partial charge on any atom is 0.190 e. The van der Waals surface area contributed by atoms with Crippen LogP contribution in [0.4, 0.5) is 0 Å². The Morgan fingerprint density at radius 2 is 1.96 bits per heavy atom. The number of hydrogen-bond acceptors (Lipinski definition) is 2. The summed E-state index contributed by atoms with van der Waals surface area (Å²) in [4.78, 5) is 6.99. The van der Waals surface area contributed by atoms with Crippen molar-refractivity contribution in [3.05, 3.63) is 35.9 Å². The maximum absolute atomic E-state index is 4.33. The highest BCUT2D eigenvalue weighted by Crippen LogP contribution is 2.31. The van der Waals surface area contributed by atoms with Crippen molar-refractivity contribution in [2.24, 2.45) is 10.9 Å². The Labute approximate surface area is 157 Å². The highest BCUT2D eigenvalue weighted by molar-refractivity contribution is 14.0. The highest BCUT2D eigenvalue weighted by atomic mass is 127. The van der Waals surface area contributed by atoms with E-state index in [9.17, 15) is 0 Å². The monoisotopic (exact) mass is 428 g/mol. The van der Waals surface area contributed by atoms with Crippen LogP contribution in [0.3, 0.4) is 0 Å². The Balaban J connectivity index is 0.00000192. The predicted molar refractivity (Wildman–Crippen MR) is 108 cm³/mol. The number of benzene rings is 1. The SMILES string of the molecule is CN=C(NCCc1ccccc1)NCC1CCN(C2CC2)C1.I. The van der Waals surface area contributed by atoms with Crippen molar-refractivity contribution < 1.29 is 0 Å². The number of guanidine groups is 1. The number of halogens is 1. The number of rotatable bonds is 6. The number of nitrogens with one attached hydrogen (secondary N) is 2. The van der Waals surface area contributed by atoms with Gasteiger partial charge in [-0.05, 0) is 43.7 Å². The largest absolute Gasteiger partial charge is 0.356 e. The van der Waals surface area contributed by atoms with E-state index in [1.165, 1.54) is 37.9 Å². The van der Waals surface area contributed by atoms with E-state index in [1.807, 2.05) is 7.05 Å². The molecule has 128 valence electrons. The minimum atomic E-state index is 0. The minimum Gasteiger partial charge on any atom is -0.356 e. The van der Waals surface area contributed by atoms with Crippen LogP contribution in [-0.2, 0) is 6.42 Å². The molecule has 1 aliphatic heterocycles. The van der Waals surface area contributed by atoms with Crippen molar-refractivity contribution in [2.45, 2.75) is 31.7 Å². The number of aliphatic imine (C=N–C) groups is 1. The van der Waals surface area contributed by atoms with Gasteiger partial charge in [0.05, 0.1) is 0 Å². The third-order valence-electron chi connectivity index (χ3n) is 4.71. The molecule has 1 aromatic carbocycles. The average molecular weight is 428 g/mol. The molecular formula is C18H29IN4. The Bertz CT molecular complexity index is 487. The van der Waals surface area contributed by atoms with E-state index in [-0.39, 0.29) is 24.0 Å². The molecular weight excluding hydrogens is 399 g/mol. The summed E-state index contributed by atoms with van der Waals surface area (Å²) in [6.45, 7) is 4.51. The molecule has 1 aromatic rings. The molecule has 2 N–H and O–H groups in total. The van der Waals surface area contributed by atoms with Crippen LogP contribution in [0.15, 0.2) is 35.3 Å². The van der Waals surface area contributed by atoms with Crippen LogP contribution >= 0.6 is 24.0 Å². The lowest BCUT2D eigenvalue weighted by Gasteiger charge is -2.17. The van der Waals surface area contributed by atoms with Crippen molar-refractivity contribution in [1.82, 2.24) is 15.5 Å². The van der Waals surface area contributed by atoms with Gasteiger partial charge in [-0.25, -0.2) is 0 Å². The van der Waals surface area contributed by atoms with Gasteiger partial charge in [0, 0.05) is 32.7 Å². The molecule has 23 heavy (non-hydrogen) atoms. The zero-order chi connectivity index (χ0) is 15.2. The lowest BCUT2D eigenvalue weighted by Crippen LogP contribution is -2.41. The van der Waals surface area contributed by atoms with Gasteiger partial charge in [-0.2, -0.15) is 0 Å². The van der Waals surface area contributed by atoms with Crippen molar-refractivity contribution in [3.63, 3.8) is 0 Å². The molecule has 0 aromatic heterocycles. The van der Waals surface area contributed by atoms with Gasteiger partial charge in [-0.1, -0.05) is 30.3 Å². The Hall–Kier alpha value is -0.820. The summed E-state index contributed by atoms with van der Waals surface area (Å²) in [7, 11) is 1.85. The second kappa shape index (κ2) is 9.47. The van der Waals surface area contributed by atoms with Crippen LogP contribution < -0.4 is 10.6 Å². The molecule has 1 heterocycles. The fraction of sp³-hybridized carbons (Fsp3) is 0.611. The molecule has 5 heteroatoms. The Morgan fingerprint density at radius 1 is 1.17 bits per heavy atom. The average Bonchev–Trinajstić information content (AvgIpc) is 3.30. The first kappa shape index (κ1) is 18.5. The quantitative estimate of drug-likeness (QED) is 0.416. The molecule has 0 bridgehead atoms. The first-order valence-corrected chi connectivity index (χ1v) is 8.57. The minimum absolute atomic E-state index is 0. The molecule has 0 amide bonds. The first-order valence-electron chi connectivity index (χ1n) is 8.57. The third kappa shape index (κ3) is 5.95. The zero-order valence-corrected chi connectivity index (χ0v) is 16.3.